The van der Waals surface area contributed by atoms with Crippen molar-refractivity contribution in [2.75, 3.05) is 48.4 Å². The number of nitrogens with zero attached hydrogens (tertiary/aromatic N) is 4. The number of aryl methyl sites for hydroxylation is 1. The Bertz CT molecular complexity index is 923. The molecule has 0 unspecified atom stereocenters. The van der Waals surface area contributed by atoms with E-state index in [9.17, 15) is 0 Å². The molecule has 0 bridgehead atoms. The Morgan fingerprint density at radius 2 is 1.54 bits per heavy atom. The molecule has 144 valence electrons. The highest BCUT2D eigenvalue weighted by Crippen LogP contribution is 2.27. The summed E-state index contributed by atoms with van der Waals surface area (Å²) in [6.45, 7) is 5.81. The highest BCUT2D eigenvalue weighted by molar-refractivity contribution is 5.63. The number of methoxy groups -OCH3 is 1. The molecular formula is C22H25N5O. The van der Waals surface area contributed by atoms with E-state index in [-0.39, 0.29) is 0 Å². The summed E-state index contributed by atoms with van der Waals surface area (Å²) in [7, 11) is 1.66. The first-order valence-electron chi connectivity index (χ1n) is 9.53. The van der Waals surface area contributed by atoms with Gasteiger partial charge in [0.1, 0.15) is 11.6 Å². The van der Waals surface area contributed by atoms with Gasteiger partial charge in [0.15, 0.2) is 0 Å². The maximum absolute atomic E-state index is 5.41. The van der Waals surface area contributed by atoms with Crippen LogP contribution in [-0.4, -0.2) is 43.3 Å². The maximum Gasteiger partial charge on any atom is 0.229 e. The molecule has 1 aromatic heterocycles. The Balaban J connectivity index is 1.49. The SMILES string of the molecule is COc1ccccc1Nc1nc(C)cc(N2CCN(c3ccccc3)CC2)n1. The molecule has 1 saturated heterocycles. The molecule has 0 atom stereocenters. The summed E-state index contributed by atoms with van der Waals surface area (Å²) in [6, 6.07) is 20.4. The third kappa shape index (κ3) is 4.01. The van der Waals surface area contributed by atoms with Gasteiger partial charge < -0.3 is 19.9 Å². The zero-order valence-corrected chi connectivity index (χ0v) is 16.3. The van der Waals surface area contributed by atoms with Gasteiger partial charge in [0.25, 0.3) is 0 Å². The Kier molecular flexibility index (Phi) is 5.28. The zero-order chi connectivity index (χ0) is 19.3. The van der Waals surface area contributed by atoms with Crippen LogP contribution in [0.4, 0.5) is 23.1 Å². The first-order valence-corrected chi connectivity index (χ1v) is 9.53. The second-order valence-corrected chi connectivity index (χ2v) is 6.83. The van der Waals surface area contributed by atoms with E-state index in [1.54, 1.807) is 7.11 Å². The van der Waals surface area contributed by atoms with Crippen molar-refractivity contribution in [3.63, 3.8) is 0 Å². The molecule has 0 amide bonds. The van der Waals surface area contributed by atoms with Gasteiger partial charge in [0.2, 0.25) is 5.95 Å². The second kappa shape index (κ2) is 8.17. The lowest BCUT2D eigenvalue weighted by molar-refractivity contribution is 0.417. The largest absolute Gasteiger partial charge is 0.495 e. The van der Waals surface area contributed by atoms with Gasteiger partial charge >= 0.3 is 0 Å². The lowest BCUT2D eigenvalue weighted by atomic mass is 10.2. The second-order valence-electron chi connectivity index (χ2n) is 6.83. The first-order chi connectivity index (χ1) is 13.7. The smallest absolute Gasteiger partial charge is 0.229 e. The molecule has 0 spiro atoms. The minimum Gasteiger partial charge on any atom is -0.495 e. The number of hydrogen-bond acceptors (Lipinski definition) is 6. The van der Waals surface area contributed by atoms with Crippen LogP contribution in [-0.2, 0) is 0 Å². The van der Waals surface area contributed by atoms with E-state index in [2.05, 4.69) is 50.4 Å². The molecule has 1 N–H and O–H groups in total. The van der Waals surface area contributed by atoms with Crippen LogP contribution in [0, 0.1) is 6.92 Å². The summed E-state index contributed by atoms with van der Waals surface area (Å²) in [5.74, 6) is 2.31. The van der Waals surface area contributed by atoms with E-state index in [1.165, 1.54) is 5.69 Å². The van der Waals surface area contributed by atoms with Crippen LogP contribution in [0.5, 0.6) is 5.75 Å². The van der Waals surface area contributed by atoms with Crippen LogP contribution >= 0.6 is 0 Å². The number of anilines is 4. The molecule has 1 fully saturated rings. The Morgan fingerprint density at radius 1 is 0.857 bits per heavy atom. The summed E-state index contributed by atoms with van der Waals surface area (Å²) in [6.07, 6.45) is 0. The number of piperazine rings is 1. The molecule has 6 heteroatoms. The van der Waals surface area contributed by atoms with Crippen LogP contribution in [0.15, 0.2) is 60.7 Å². The van der Waals surface area contributed by atoms with Gasteiger partial charge in [-0.25, -0.2) is 4.98 Å². The van der Waals surface area contributed by atoms with E-state index < -0.39 is 0 Å². The number of para-hydroxylation sites is 3. The molecule has 2 heterocycles. The third-order valence-electron chi connectivity index (χ3n) is 4.92. The van der Waals surface area contributed by atoms with E-state index >= 15 is 0 Å². The summed E-state index contributed by atoms with van der Waals surface area (Å²) < 4.78 is 5.41. The predicted molar refractivity (Wildman–Crippen MR) is 114 cm³/mol. The molecule has 0 radical (unpaired) electrons. The van der Waals surface area contributed by atoms with Crippen LogP contribution in [0.2, 0.25) is 0 Å². The van der Waals surface area contributed by atoms with Crippen LogP contribution in [0.25, 0.3) is 0 Å². The van der Waals surface area contributed by atoms with Gasteiger partial charge in [0.05, 0.1) is 12.8 Å². The minimum absolute atomic E-state index is 0.588. The van der Waals surface area contributed by atoms with Crippen molar-refractivity contribution in [1.82, 2.24) is 9.97 Å². The van der Waals surface area contributed by atoms with Gasteiger partial charge in [0, 0.05) is 43.6 Å². The molecule has 1 aliphatic heterocycles. The fourth-order valence-electron chi connectivity index (χ4n) is 3.47. The normalized spacial score (nSPS) is 14.1. The topological polar surface area (TPSA) is 53.5 Å². The molecule has 6 nitrogen and oxygen atoms in total. The molecule has 28 heavy (non-hydrogen) atoms. The van der Waals surface area contributed by atoms with Crippen molar-refractivity contribution in [3.8, 4) is 5.75 Å². The van der Waals surface area contributed by atoms with E-state index in [0.29, 0.717) is 5.95 Å². The van der Waals surface area contributed by atoms with Crippen molar-refractivity contribution < 1.29 is 4.74 Å². The lowest BCUT2D eigenvalue weighted by Crippen LogP contribution is -2.46. The predicted octanol–water partition coefficient (Wildman–Crippen LogP) is 3.86. The van der Waals surface area contributed by atoms with Crippen LogP contribution in [0.1, 0.15) is 5.69 Å². The average Bonchev–Trinajstić information content (AvgIpc) is 2.74. The highest BCUT2D eigenvalue weighted by atomic mass is 16.5. The van der Waals surface area contributed by atoms with Crippen molar-refractivity contribution in [3.05, 3.63) is 66.4 Å². The highest BCUT2D eigenvalue weighted by Gasteiger charge is 2.19. The van der Waals surface area contributed by atoms with E-state index in [4.69, 9.17) is 9.72 Å². The summed E-state index contributed by atoms with van der Waals surface area (Å²) in [5.41, 5.74) is 3.07. The van der Waals surface area contributed by atoms with E-state index in [0.717, 1.165) is 49.1 Å². The summed E-state index contributed by atoms with van der Waals surface area (Å²) in [5, 5.41) is 3.29. The first kappa shape index (κ1) is 18.1. The minimum atomic E-state index is 0.588. The number of aromatic nitrogens is 2. The summed E-state index contributed by atoms with van der Waals surface area (Å²) >= 11 is 0. The van der Waals surface area contributed by atoms with E-state index in [1.807, 2.05) is 37.3 Å². The number of ether oxygens (including phenoxy) is 1. The number of hydrogen-bond donors (Lipinski definition) is 1. The van der Waals surface area contributed by atoms with Crippen molar-refractivity contribution in [1.29, 1.82) is 0 Å². The van der Waals surface area contributed by atoms with Crippen LogP contribution < -0.4 is 19.9 Å². The number of rotatable bonds is 5. The average molecular weight is 375 g/mol. The van der Waals surface area contributed by atoms with Crippen LogP contribution in [0.3, 0.4) is 0 Å². The lowest BCUT2D eigenvalue weighted by Gasteiger charge is -2.36. The standard InChI is InChI=1S/C22H25N5O/c1-17-16-21(25-22(23-17)24-19-10-6-7-11-20(19)28-2)27-14-12-26(13-15-27)18-8-4-3-5-9-18/h3-11,16H,12-15H2,1-2H3,(H,23,24,25). The quantitative estimate of drug-likeness (QED) is 0.731. The van der Waals surface area contributed by atoms with Gasteiger partial charge in [-0.15, -0.1) is 0 Å². The van der Waals surface area contributed by atoms with Gasteiger partial charge in [-0.1, -0.05) is 30.3 Å². The molecule has 4 rings (SSSR count). The summed E-state index contributed by atoms with van der Waals surface area (Å²) in [4.78, 5) is 14.0. The van der Waals surface area contributed by atoms with Crippen molar-refractivity contribution in [2.24, 2.45) is 0 Å². The number of benzene rings is 2. The zero-order valence-electron chi connectivity index (χ0n) is 16.3. The Labute approximate surface area is 165 Å². The Hall–Kier alpha value is -3.28. The molecule has 0 aliphatic carbocycles. The van der Waals surface area contributed by atoms with Gasteiger partial charge in [-0.2, -0.15) is 4.98 Å². The number of nitrogens with one attached hydrogen (secondary N) is 1. The molecule has 0 saturated carbocycles. The molecule has 2 aromatic carbocycles. The van der Waals surface area contributed by atoms with Crippen molar-refractivity contribution >= 4 is 23.1 Å². The Morgan fingerprint density at radius 3 is 2.29 bits per heavy atom. The van der Waals surface area contributed by atoms with Crippen molar-refractivity contribution in [2.45, 2.75) is 6.92 Å². The molecular weight excluding hydrogens is 350 g/mol. The maximum atomic E-state index is 5.41. The third-order valence-corrected chi connectivity index (χ3v) is 4.92. The van der Waals surface area contributed by atoms with Gasteiger partial charge in [-0.3, -0.25) is 0 Å². The fourth-order valence-corrected chi connectivity index (χ4v) is 3.47. The monoisotopic (exact) mass is 375 g/mol. The molecule has 3 aromatic rings. The fraction of sp³-hybridized carbons (Fsp3) is 0.273. The van der Waals surface area contributed by atoms with Gasteiger partial charge in [-0.05, 0) is 31.2 Å². The molecule has 1 aliphatic rings.